The Kier molecular flexibility index (Phi) is 4.64. The molecule has 0 fully saturated rings. The van der Waals surface area contributed by atoms with E-state index in [9.17, 15) is 9.59 Å². The Morgan fingerprint density at radius 3 is 2.46 bits per heavy atom. The smallest absolute Gasteiger partial charge is 0.268 e. The number of nitrogens with one attached hydrogen (secondary N) is 2. The molecule has 4 nitrogen and oxygen atoms in total. The summed E-state index contributed by atoms with van der Waals surface area (Å²) in [5.74, 6) is -0.869. The lowest BCUT2D eigenvalue weighted by Crippen LogP contribution is -2.22. The van der Waals surface area contributed by atoms with E-state index in [1.165, 1.54) is 11.8 Å². The van der Waals surface area contributed by atoms with Gasteiger partial charge in [-0.15, -0.1) is 0 Å². The molecule has 2 aromatic rings. The molecule has 0 unspecified atom stereocenters. The van der Waals surface area contributed by atoms with Gasteiger partial charge in [0.15, 0.2) is 0 Å². The van der Waals surface area contributed by atoms with Crippen molar-refractivity contribution in [3.05, 3.63) is 63.5 Å². The largest absolute Gasteiger partial charge is 0.321 e. The maximum Gasteiger partial charge on any atom is 0.268 e. The van der Waals surface area contributed by atoms with Crippen LogP contribution in [0, 0.1) is 13.8 Å². The van der Waals surface area contributed by atoms with Gasteiger partial charge in [-0.1, -0.05) is 53.7 Å². The predicted molar refractivity (Wildman–Crippen MR) is 98.4 cm³/mol. The molecule has 0 saturated heterocycles. The van der Waals surface area contributed by atoms with Gasteiger partial charge in [-0.3, -0.25) is 9.59 Å². The SMILES string of the molecule is Cc1cccc(C)c1NC(=O)/C(Cl)=C1/Sc2ccccc2NC1=O. The average Bonchev–Trinajstić information content (AvgIpc) is 2.57. The van der Waals surface area contributed by atoms with Crippen LogP contribution < -0.4 is 10.6 Å². The van der Waals surface area contributed by atoms with Crippen LogP contribution >= 0.6 is 23.4 Å². The van der Waals surface area contributed by atoms with Gasteiger partial charge in [0, 0.05) is 10.6 Å². The molecule has 2 aromatic carbocycles. The summed E-state index contributed by atoms with van der Waals surface area (Å²) < 4.78 is 0. The van der Waals surface area contributed by atoms with Crippen molar-refractivity contribution in [3.8, 4) is 0 Å². The number of hydrogen-bond donors (Lipinski definition) is 2. The van der Waals surface area contributed by atoms with E-state index in [1.54, 1.807) is 0 Å². The summed E-state index contributed by atoms with van der Waals surface area (Å²) in [7, 11) is 0. The van der Waals surface area contributed by atoms with Gasteiger partial charge in [0.1, 0.15) is 9.94 Å². The molecular formula is C18H15ClN2O2S. The Morgan fingerprint density at radius 2 is 1.75 bits per heavy atom. The van der Waals surface area contributed by atoms with Crippen LogP contribution in [0.5, 0.6) is 0 Å². The van der Waals surface area contributed by atoms with Crippen LogP contribution in [0.2, 0.25) is 0 Å². The predicted octanol–water partition coefficient (Wildman–Crippen LogP) is 4.44. The van der Waals surface area contributed by atoms with Crippen LogP contribution in [0.3, 0.4) is 0 Å². The number of anilines is 2. The van der Waals surface area contributed by atoms with Gasteiger partial charge in [-0.2, -0.15) is 0 Å². The van der Waals surface area contributed by atoms with E-state index in [4.69, 9.17) is 11.6 Å². The van der Waals surface area contributed by atoms with E-state index in [0.29, 0.717) is 5.69 Å². The van der Waals surface area contributed by atoms with Crippen LogP contribution in [-0.4, -0.2) is 11.8 Å². The third kappa shape index (κ3) is 3.18. The summed E-state index contributed by atoms with van der Waals surface area (Å²) in [6.07, 6.45) is 0. The number of halogens is 1. The third-order valence-electron chi connectivity index (χ3n) is 3.67. The second-order valence-corrected chi connectivity index (χ2v) is 6.85. The molecule has 3 rings (SSSR count). The molecule has 0 bridgehead atoms. The lowest BCUT2D eigenvalue weighted by atomic mass is 10.1. The van der Waals surface area contributed by atoms with Gasteiger partial charge in [-0.25, -0.2) is 0 Å². The average molecular weight is 359 g/mol. The number of aryl methyl sites for hydroxylation is 2. The summed E-state index contributed by atoms with van der Waals surface area (Å²) in [4.78, 5) is 25.8. The molecule has 2 N–H and O–H groups in total. The summed E-state index contributed by atoms with van der Waals surface area (Å²) in [5.41, 5.74) is 3.30. The Labute approximate surface area is 149 Å². The number of carbonyl (C=O) groups excluding carboxylic acids is 2. The highest BCUT2D eigenvalue weighted by molar-refractivity contribution is 8.04. The van der Waals surface area contributed by atoms with Crippen LogP contribution in [0.25, 0.3) is 0 Å². The van der Waals surface area contributed by atoms with Crippen LogP contribution in [0.15, 0.2) is 57.3 Å². The number of benzene rings is 2. The number of fused-ring (bicyclic) bond motifs is 1. The van der Waals surface area contributed by atoms with Gasteiger partial charge in [0.25, 0.3) is 11.8 Å². The van der Waals surface area contributed by atoms with Gasteiger partial charge >= 0.3 is 0 Å². The van der Waals surface area contributed by atoms with Gasteiger partial charge in [-0.05, 0) is 37.1 Å². The highest BCUT2D eigenvalue weighted by Gasteiger charge is 2.26. The zero-order valence-electron chi connectivity index (χ0n) is 13.1. The normalized spacial score (nSPS) is 15.4. The van der Waals surface area contributed by atoms with Crippen molar-refractivity contribution >= 4 is 46.6 Å². The number of para-hydroxylation sites is 2. The fourth-order valence-corrected chi connectivity index (χ4v) is 3.59. The van der Waals surface area contributed by atoms with Crippen molar-refractivity contribution < 1.29 is 9.59 Å². The minimum Gasteiger partial charge on any atom is -0.321 e. The molecule has 1 heterocycles. The molecule has 0 aliphatic carbocycles. The minimum absolute atomic E-state index is 0.116. The zero-order valence-corrected chi connectivity index (χ0v) is 14.7. The molecule has 0 radical (unpaired) electrons. The third-order valence-corrected chi connectivity index (χ3v) is 5.31. The summed E-state index contributed by atoms with van der Waals surface area (Å²) >= 11 is 7.41. The molecule has 1 aliphatic heterocycles. The molecule has 1 aliphatic rings. The first-order valence-corrected chi connectivity index (χ1v) is 8.52. The van der Waals surface area contributed by atoms with E-state index >= 15 is 0 Å². The number of carbonyl (C=O) groups is 2. The lowest BCUT2D eigenvalue weighted by molar-refractivity contribution is -0.114. The standard InChI is InChI=1S/C18H15ClN2O2S/c1-10-6-5-7-11(2)15(10)21-17(22)14(19)16-18(23)20-12-8-3-4-9-13(12)24-16/h3-9H,1-2H3,(H,20,23)(H,21,22)/b16-14-. The molecule has 0 spiro atoms. The minimum atomic E-state index is -0.494. The number of hydrogen-bond acceptors (Lipinski definition) is 3. The second kappa shape index (κ2) is 6.71. The highest BCUT2D eigenvalue weighted by Crippen LogP contribution is 2.40. The van der Waals surface area contributed by atoms with Crippen LogP contribution in [0.4, 0.5) is 11.4 Å². The van der Waals surface area contributed by atoms with E-state index < -0.39 is 5.91 Å². The van der Waals surface area contributed by atoms with E-state index in [-0.39, 0.29) is 15.8 Å². The fraction of sp³-hybridized carbons (Fsp3) is 0.111. The number of amides is 2. The van der Waals surface area contributed by atoms with E-state index in [2.05, 4.69) is 10.6 Å². The van der Waals surface area contributed by atoms with Gasteiger partial charge < -0.3 is 10.6 Å². The first kappa shape index (κ1) is 16.6. The molecule has 0 aromatic heterocycles. The molecule has 24 heavy (non-hydrogen) atoms. The van der Waals surface area contributed by atoms with E-state index in [0.717, 1.165) is 21.7 Å². The maximum absolute atomic E-state index is 12.5. The van der Waals surface area contributed by atoms with Crippen LogP contribution in [-0.2, 0) is 9.59 Å². The second-order valence-electron chi connectivity index (χ2n) is 5.42. The first-order chi connectivity index (χ1) is 11.5. The summed E-state index contributed by atoms with van der Waals surface area (Å²) in [5, 5.41) is 5.43. The van der Waals surface area contributed by atoms with Crippen molar-refractivity contribution in [3.63, 3.8) is 0 Å². The number of rotatable bonds is 2. The Hall–Kier alpha value is -2.24. The zero-order chi connectivity index (χ0) is 17.3. The van der Waals surface area contributed by atoms with Crippen molar-refractivity contribution in [1.29, 1.82) is 0 Å². The number of thioether (sulfide) groups is 1. The summed E-state index contributed by atoms with van der Waals surface area (Å²) in [6.45, 7) is 3.81. The lowest BCUT2D eigenvalue weighted by Gasteiger charge is -2.19. The summed E-state index contributed by atoms with van der Waals surface area (Å²) in [6, 6.07) is 13.1. The topological polar surface area (TPSA) is 58.2 Å². The van der Waals surface area contributed by atoms with Crippen molar-refractivity contribution in [1.82, 2.24) is 0 Å². The molecule has 0 atom stereocenters. The highest BCUT2D eigenvalue weighted by atomic mass is 35.5. The molecule has 2 amide bonds. The quantitative estimate of drug-likeness (QED) is 0.780. The van der Waals surface area contributed by atoms with Gasteiger partial charge in [0.2, 0.25) is 0 Å². The first-order valence-electron chi connectivity index (χ1n) is 7.33. The monoisotopic (exact) mass is 358 g/mol. The Bertz CT molecular complexity index is 857. The Balaban J connectivity index is 1.90. The van der Waals surface area contributed by atoms with Crippen molar-refractivity contribution in [2.75, 3.05) is 10.6 Å². The van der Waals surface area contributed by atoms with Gasteiger partial charge in [0.05, 0.1) is 5.69 Å². The molecular weight excluding hydrogens is 344 g/mol. The molecule has 6 heteroatoms. The van der Waals surface area contributed by atoms with Crippen molar-refractivity contribution in [2.24, 2.45) is 0 Å². The molecule has 122 valence electrons. The van der Waals surface area contributed by atoms with Crippen LogP contribution in [0.1, 0.15) is 11.1 Å². The van der Waals surface area contributed by atoms with E-state index in [1.807, 2.05) is 56.3 Å². The maximum atomic E-state index is 12.5. The molecule has 0 saturated carbocycles. The Morgan fingerprint density at radius 1 is 1.08 bits per heavy atom. The van der Waals surface area contributed by atoms with Crippen molar-refractivity contribution in [2.45, 2.75) is 18.7 Å². The fourth-order valence-electron chi connectivity index (χ4n) is 2.42.